The zero-order chi connectivity index (χ0) is 16.2. The SMILES string of the molecule is CCOc1cccc2cc(C(=O)Nc3ccccc3OC)oc12. The normalized spacial score (nSPS) is 10.5. The Balaban J connectivity index is 1.91. The van der Waals surface area contributed by atoms with Gasteiger partial charge in [-0.3, -0.25) is 4.79 Å². The molecule has 0 fully saturated rings. The van der Waals surface area contributed by atoms with Gasteiger partial charge in [-0.15, -0.1) is 0 Å². The summed E-state index contributed by atoms with van der Waals surface area (Å²) in [6.45, 7) is 2.43. The molecule has 2 aromatic carbocycles. The fourth-order valence-electron chi connectivity index (χ4n) is 2.35. The Labute approximate surface area is 133 Å². The number of nitrogens with one attached hydrogen (secondary N) is 1. The minimum atomic E-state index is -0.340. The maximum absolute atomic E-state index is 12.4. The molecule has 5 heteroatoms. The first kappa shape index (κ1) is 15.0. The van der Waals surface area contributed by atoms with Gasteiger partial charge in [0.1, 0.15) is 5.75 Å². The highest BCUT2D eigenvalue weighted by Gasteiger charge is 2.16. The van der Waals surface area contributed by atoms with Crippen molar-refractivity contribution in [1.82, 2.24) is 0 Å². The number of amides is 1. The van der Waals surface area contributed by atoms with Crippen molar-refractivity contribution in [2.45, 2.75) is 6.92 Å². The van der Waals surface area contributed by atoms with Crippen LogP contribution < -0.4 is 14.8 Å². The Hall–Kier alpha value is -2.95. The van der Waals surface area contributed by atoms with Crippen LogP contribution in [0.25, 0.3) is 11.0 Å². The van der Waals surface area contributed by atoms with Crippen LogP contribution in [-0.4, -0.2) is 19.6 Å². The van der Waals surface area contributed by atoms with Crippen LogP contribution in [-0.2, 0) is 0 Å². The van der Waals surface area contributed by atoms with Gasteiger partial charge in [-0.05, 0) is 31.2 Å². The summed E-state index contributed by atoms with van der Waals surface area (Å²) in [5, 5.41) is 3.61. The van der Waals surface area contributed by atoms with Crippen molar-refractivity contribution in [1.29, 1.82) is 0 Å². The summed E-state index contributed by atoms with van der Waals surface area (Å²) in [5.41, 5.74) is 1.16. The topological polar surface area (TPSA) is 60.7 Å². The summed E-state index contributed by atoms with van der Waals surface area (Å²) >= 11 is 0. The first-order chi connectivity index (χ1) is 11.2. The molecule has 1 amide bonds. The van der Waals surface area contributed by atoms with Gasteiger partial charge in [-0.25, -0.2) is 0 Å². The Morgan fingerprint density at radius 3 is 2.70 bits per heavy atom. The standard InChI is InChI=1S/C18H17NO4/c1-3-22-15-10-6-7-12-11-16(23-17(12)15)18(20)19-13-8-4-5-9-14(13)21-2/h4-11H,3H2,1-2H3,(H,19,20). The molecule has 0 atom stereocenters. The van der Waals surface area contributed by atoms with Crippen LogP contribution >= 0.6 is 0 Å². The lowest BCUT2D eigenvalue weighted by Gasteiger charge is -2.08. The lowest BCUT2D eigenvalue weighted by atomic mass is 10.2. The number of benzene rings is 2. The highest BCUT2D eigenvalue weighted by atomic mass is 16.5. The number of carbonyl (C=O) groups is 1. The number of para-hydroxylation sites is 3. The molecule has 0 bridgehead atoms. The quantitative estimate of drug-likeness (QED) is 0.771. The smallest absolute Gasteiger partial charge is 0.291 e. The monoisotopic (exact) mass is 311 g/mol. The van der Waals surface area contributed by atoms with Gasteiger partial charge in [0.15, 0.2) is 17.1 Å². The summed E-state index contributed by atoms with van der Waals surface area (Å²) in [7, 11) is 1.56. The molecule has 0 aliphatic heterocycles. The summed E-state index contributed by atoms with van der Waals surface area (Å²) in [6.07, 6.45) is 0. The van der Waals surface area contributed by atoms with Gasteiger partial charge in [0.25, 0.3) is 5.91 Å². The second kappa shape index (κ2) is 6.44. The summed E-state index contributed by atoms with van der Waals surface area (Å²) < 4.78 is 16.4. The molecule has 0 radical (unpaired) electrons. The highest BCUT2D eigenvalue weighted by molar-refractivity contribution is 6.05. The molecule has 1 heterocycles. The molecule has 118 valence electrons. The number of furan rings is 1. The minimum Gasteiger partial charge on any atom is -0.495 e. The summed E-state index contributed by atoms with van der Waals surface area (Å²) in [4.78, 5) is 12.4. The minimum absolute atomic E-state index is 0.220. The molecule has 1 aromatic heterocycles. The lowest BCUT2D eigenvalue weighted by molar-refractivity contribution is 0.0998. The van der Waals surface area contributed by atoms with Gasteiger partial charge in [0.05, 0.1) is 19.4 Å². The molecule has 0 saturated heterocycles. The second-order valence-corrected chi connectivity index (χ2v) is 4.87. The summed E-state index contributed by atoms with van der Waals surface area (Å²) in [5.74, 6) is 1.10. The number of carbonyl (C=O) groups excluding carboxylic acids is 1. The molecule has 0 unspecified atom stereocenters. The number of ether oxygens (including phenoxy) is 2. The van der Waals surface area contributed by atoms with Crippen LogP contribution in [0, 0.1) is 0 Å². The number of anilines is 1. The van der Waals surface area contributed by atoms with E-state index in [0.717, 1.165) is 5.39 Å². The second-order valence-electron chi connectivity index (χ2n) is 4.87. The average molecular weight is 311 g/mol. The van der Waals surface area contributed by atoms with E-state index in [-0.39, 0.29) is 11.7 Å². The van der Waals surface area contributed by atoms with Crippen LogP contribution in [0.5, 0.6) is 11.5 Å². The van der Waals surface area contributed by atoms with E-state index < -0.39 is 0 Å². The largest absolute Gasteiger partial charge is 0.495 e. The number of hydrogen-bond acceptors (Lipinski definition) is 4. The van der Waals surface area contributed by atoms with Gasteiger partial charge in [0, 0.05) is 5.39 Å². The molecule has 3 aromatic rings. The number of rotatable bonds is 5. The van der Waals surface area contributed by atoms with Crippen molar-refractivity contribution in [3.05, 3.63) is 54.3 Å². The predicted molar refractivity (Wildman–Crippen MR) is 88.3 cm³/mol. The van der Waals surface area contributed by atoms with E-state index in [1.165, 1.54) is 0 Å². The van der Waals surface area contributed by atoms with Gasteiger partial charge >= 0.3 is 0 Å². The van der Waals surface area contributed by atoms with Crippen molar-refractivity contribution in [2.24, 2.45) is 0 Å². The van der Waals surface area contributed by atoms with E-state index >= 15 is 0 Å². The molecule has 1 N–H and O–H groups in total. The van der Waals surface area contributed by atoms with Crippen LogP contribution in [0.2, 0.25) is 0 Å². The molecular weight excluding hydrogens is 294 g/mol. The molecule has 5 nitrogen and oxygen atoms in total. The average Bonchev–Trinajstić information content (AvgIpc) is 3.01. The van der Waals surface area contributed by atoms with Crippen LogP contribution in [0.1, 0.15) is 17.5 Å². The van der Waals surface area contributed by atoms with E-state index in [1.54, 1.807) is 25.3 Å². The highest BCUT2D eigenvalue weighted by Crippen LogP contribution is 2.30. The number of fused-ring (bicyclic) bond motifs is 1. The van der Waals surface area contributed by atoms with Gasteiger partial charge in [-0.2, -0.15) is 0 Å². The zero-order valence-electron chi connectivity index (χ0n) is 13.0. The Bertz CT molecular complexity index is 838. The first-order valence-electron chi connectivity index (χ1n) is 7.32. The maximum Gasteiger partial charge on any atom is 0.291 e. The molecular formula is C18H17NO4. The van der Waals surface area contributed by atoms with E-state index in [9.17, 15) is 4.79 Å². The Morgan fingerprint density at radius 1 is 1.13 bits per heavy atom. The van der Waals surface area contributed by atoms with Crippen molar-refractivity contribution in [3.63, 3.8) is 0 Å². The van der Waals surface area contributed by atoms with Crippen LogP contribution in [0.4, 0.5) is 5.69 Å². The molecule has 0 saturated carbocycles. The van der Waals surface area contributed by atoms with Crippen molar-refractivity contribution >= 4 is 22.6 Å². The maximum atomic E-state index is 12.4. The van der Waals surface area contributed by atoms with Crippen molar-refractivity contribution in [3.8, 4) is 11.5 Å². The van der Waals surface area contributed by atoms with Gasteiger partial charge in [0.2, 0.25) is 0 Å². The predicted octanol–water partition coefficient (Wildman–Crippen LogP) is 4.09. The number of methoxy groups -OCH3 is 1. The molecule has 0 aliphatic carbocycles. The third-order valence-electron chi connectivity index (χ3n) is 3.39. The van der Waals surface area contributed by atoms with E-state index in [1.807, 2.05) is 37.3 Å². The molecule has 0 aliphatic rings. The van der Waals surface area contributed by atoms with E-state index in [2.05, 4.69) is 5.32 Å². The van der Waals surface area contributed by atoms with Crippen molar-refractivity contribution in [2.75, 3.05) is 19.0 Å². The molecule has 0 spiro atoms. The number of hydrogen-bond donors (Lipinski definition) is 1. The third-order valence-corrected chi connectivity index (χ3v) is 3.39. The van der Waals surface area contributed by atoms with E-state index in [0.29, 0.717) is 29.4 Å². The van der Waals surface area contributed by atoms with Crippen molar-refractivity contribution < 1.29 is 18.7 Å². The third kappa shape index (κ3) is 2.99. The fraction of sp³-hybridized carbons (Fsp3) is 0.167. The van der Waals surface area contributed by atoms with Gasteiger partial charge in [-0.1, -0.05) is 24.3 Å². The van der Waals surface area contributed by atoms with E-state index in [4.69, 9.17) is 13.9 Å². The fourth-order valence-corrected chi connectivity index (χ4v) is 2.35. The first-order valence-corrected chi connectivity index (χ1v) is 7.32. The lowest BCUT2D eigenvalue weighted by Crippen LogP contribution is -2.11. The van der Waals surface area contributed by atoms with Gasteiger partial charge < -0.3 is 19.2 Å². The van der Waals surface area contributed by atoms with Crippen LogP contribution in [0.15, 0.2) is 52.9 Å². The molecule has 3 rings (SSSR count). The van der Waals surface area contributed by atoms with Crippen LogP contribution in [0.3, 0.4) is 0 Å². The summed E-state index contributed by atoms with van der Waals surface area (Å²) in [6, 6.07) is 14.5. The Morgan fingerprint density at radius 2 is 1.91 bits per heavy atom. The molecule has 23 heavy (non-hydrogen) atoms. The Kier molecular flexibility index (Phi) is 4.19. The zero-order valence-corrected chi connectivity index (χ0v) is 13.0.